The summed E-state index contributed by atoms with van der Waals surface area (Å²) in [7, 11) is 0. The summed E-state index contributed by atoms with van der Waals surface area (Å²) in [6.45, 7) is 3.53. The highest BCUT2D eigenvalue weighted by Gasteiger charge is 2.19. The molecule has 0 aromatic rings. The summed E-state index contributed by atoms with van der Waals surface area (Å²) in [5.41, 5.74) is 0. The van der Waals surface area contributed by atoms with E-state index in [1.54, 1.807) is 0 Å². The fraction of sp³-hybridized carbons (Fsp3) is 1.00. The molecule has 0 aliphatic carbocycles. The number of piperazine rings is 1. The molecule has 1 unspecified atom stereocenters. The maximum absolute atomic E-state index is 10.6. The number of rotatable bonds is 3. The smallest absolute Gasteiger partial charge is 0.234 e. The molecule has 0 spiro atoms. The van der Waals surface area contributed by atoms with Gasteiger partial charge in [0.05, 0.1) is 6.61 Å². The fourth-order valence-corrected chi connectivity index (χ4v) is 1.73. The summed E-state index contributed by atoms with van der Waals surface area (Å²) < 4.78 is 20.8. The van der Waals surface area contributed by atoms with Crippen molar-refractivity contribution in [2.24, 2.45) is 0 Å². The maximum Gasteiger partial charge on any atom is 0.234 e. The number of hydrogen-bond donors (Lipinski definition) is 2. The first-order chi connectivity index (χ1) is 5.74. The molecule has 0 saturated carbocycles. The van der Waals surface area contributed by atoms with Crippen molar-refractivity contribution in [3.63, 3.8) is 0 Å². The molecule has 0 bridgehead atoms. The van der Waals surface area contributed by atoms with Gasteiger partial charge in [0, 0.05) is 32.7 Å². The molecule has 2 N–H and O–H groups in total. The lowest BCUT2D eigenvalue weighted by Gasteiger charge is -2.31. The van der Waals surface area contributed by atoms with Gasteiger partial charge in [0.1, 0.15) is 0 Å². The Morgan fingerprint density at radius 2 is 1.83 bits per heavy atom. The van der Waals surface area contributed by atoms with Crippen molar-refractivity contribution in [3.05, 3.63) is 0 Å². The lowest BCUT2D eigenvalue weighted by Crippen LogP contribution is -2.47. The highest BCUT2D eigenvalue weighted by molar-refractivity contribution is 7.76. The van der Waals surface area contributed by atoms with Crippen LogP contribution >= 0.6 is 0 Å². The largest absolute Gasteiger partial charge is 0.395 e. The maximum atomic E-state index is 10.6. The van der Waals surface area contributed by atoms with E-state index in [-0.39, 0.29) is 6.61 Å². The van der Waals surface area contributed by atoms with E-state index in [1.165, 1.54) is 4.31 Å². The second kappa shape index (κ2) is 4.88. The Labute approximate surface area is 74.4 Å². The first-order valence-electron chi connectivity index (χ1n) is 3.93. The van der Waals surface area contributed by atoms with Crippen LogP contribution in [0.1, 0.15) is 0 Å². The minimum Gasteiger partial charge on any atom is -0.395 e. The number of aliphatic hydroxyl groups is 1. The van der Waals surface area contributed by atoms with Crippen LogP contribution < -0.4 is 0 Å². The van der Waals surface area contributed by atoms with Crippen LogP contribution in [-0.2, 0) is 11.3 Å². The van der Waals surface area contributed by atoms with Crippen LogP contribution in [0.3, 0.4) is 0 Å². The lowest BCUT2D eigenvalue weighted by atomic mass is 10.4. The quantitative estimate of drug-likeness (QED) is 0.550. The number of nitrogens with zero attached hydrogens (tertiary/aromatic N) is 2. The van der Waals surface area contributed by atoms with Gasteiger partial charge in [-0.3, -0.25) is 9.45 Å². The van der Waals surface area contributed by atoms with E-state index in [0.717, 1.165) is 13.1 Å². The van der Waals surface area contributed by atoms with Crippen molar-refractivity contribution in [1.29, 1.82) is 0 Å². The Balaban J connectivity index is 2.25. The van der Waals surface area contributed by atoms with E-state index < -0.39 is 11.3 Å². The summed E-state index contributed by atoms with van der Waals surface area (Å²) in [6, 6.07) is 0. The van der Waals surface area contributed by atoms with Crippen molar-refractivity contribution < 1.29 is 13.9 Å². The van der Waals surface area contributed by atoms with Gasteiger partial charge in [-0.1, -0.05) is 0 Å². The molecular weight excluding hydrogens is 180 g/mol. The summed E-state index contributed by atoms with van der Waals surface area (Å²) in [5.74, 6) is 0. The van der Waals surface area contributed by atoms with Gasteiger partial charge in [-0.2, -0.15) is 4.31 Å². The van der Waals surface area contributed by atoms with E-state index in [2.05, 4.69) is 4.90 Å². The van der Waals surface area contributed by atoms with Gasteiger partial charge in [-0.15, -0.1) is 0 Å². The van der Waals surface area contributed by atoms with Crippen molar-refractivity contribution >= 4 is 11.3 Å². The van der Waals surface area contributed by atoms with Crippen LogP contribution in [0.2, 0.25) is 0 Å². The monoisotopic (exact) mass is 194 g/mol. The van der Waals surface area contributed by atoms with E-state index in [4.69, 9.17) is 9.66 Å². The van der Waals surface area contributed by atoms with Crippen LogP contribution in [0.15, 0.2) is 0 Å². The molecule has 0 radical (unpaired) electrons. The minimum atomic E-state index is -1.83. The molecule has 0 aromatic carbocycles. The van der Waals surface area contributed by atoms with Gasteiger partial charge in [0.15, 0.2) is 0 Å². The van der Waals surface area contributed by atoms with E-state index in [0.29, 0.717) is 19.6 Å². The molecule has 0 aromatic heterocycles. The molecule has 1 heterocycles. The zero-order chi connectivity index (χ0) is 8.97. The number of β-amino-alcohol motifs (C(OH)–C–C–N with tert-alkyl or cyclic N) is 1. The van der Waals surface area contributed by atoms with Crippen molar-refractivity contribution in [1.82, 2.24) is 9.21 Å². The summed E-state index contributed by atoms with van der Waals surface area (Å²) in [5, 5.41) is 8.63. The summed E-state index contributed by atoms with van der Waals surface area (Å²) >= 11 is -1.83. The Morgan fingerprint density at radius 3 is 2.25 bits per heavy atom. The number of hydrogen-bond acceptors (Lipinski definition) is 3. The molecule has 1 aliphatic rings. The van der Waals surface area contributed by atoms with Crippen molar-refractivity contribution in [3.8, 4) is 0 Å². The molecular formula is C6H14N2O3S. The highest BCUT2D eigenvalue weighted by Crippen LogP contribution is 2.01. The average molecular weight is 194 g/mol. The Morgan fingerprint density at radius 1 is 1.25 bits per heavy atom. The Kier molecular flexibility index (Phi) is 4.10. The fourth-order valence-electron chi connectivity index (χ4n) is 1.25. The second-order valence-corrected chi connectivity index (χ2v) is 3.70. The Hall–Kier alpha value is -0.0100. The average Bonchev–Trinajstić information content (AvgIpc) is 2.06. The third kappa shape index (κ3) is 2.80. The molecule has 6 heteroatoms. The van der Waals surface area contributed by atoms with Crippen molar-refractivity contribution in [2.75, 3.05) is 39.3 Å². The molecule has 1 atom stereocenters. The minimum absolute atomic E-state index is 0.155. The first-order valence-corrected chi connectivity index (χ1v) is 4.99. The molecule has 0 amide bonds. The first kappa shape index (κ1) is 10.1. The van der Waals surface area contributed by atoms with E-state index in [1.807, 2.05) is 0 Å². The molecule has 1 aliphatic heterocycles. The van der Waals surface area contributed by atoms with Crippen molar-refractivity contribution in [2.45, 2.75) is 0 Å². The van der Waals surface area contributed by atoms with Gasteiger partial charge in [-0.05, 0) is 0 Å². The van der Waals surface area contributed by atoms with Gasteiger partial charge in [0.25, 0.3) is 0 Å². The van der Waals surface area contributed by atoms with E-state index >= 15 is 0 Å². The Bertz CT molecular complexity index is 159. The predicted molar refractivity (Wildman–Crippen MR) is 45.9 cm³/mol. The van der Waals surface area contributed by atoms with Crippen LogP contribution in [-0.4, -0.2) is 62.4 Å². The predicted octanol–water partition coefficient (Wildman–Crippen LogP) is -1.27. The normalized spacial score (nSPS) is 24.2. The van der Waals surface area contributed by atoms with Crippen LogP contribution in [0.25, 0.3) is 0 Å². The SMILES string of the molecule is O=S(O)N1CCN(CCO)CC1. The molecule has 5 nitrogen and oxygen atoms in total. The molecule has 12 heavy (non-hydrogen) atoms. The van der Waals surface area contributed by atoms with Crippen LogP contribution in [0, 0.1) is 0 Å². The number of aliphatic hydroxyl groups excluding tert-OH is 1. The van der Waals surface area contributed by atoms with Gasteiger partial charge >= 0.3 is 0 Å². The third-order valence-corrected chi connectivity index (χ3v) is 2.78. The third-order valence-electron chi connectivity index (χ3n) is 1.97. The van der Waals surface area contributed by atoms with E-state index in [9.17, 15) is 4.21 Å². The molecule has 1 rings (SSSR count). The molecule has 1 saturated heterocycles. The highest BCUT2D eigenvalue weighted by atomic mass is 32.2. The molecule has 1 fully saturated rings. The standard InChI is InChI=1S/C6H14N2O3S/c9-6-5-7-1-3-8(4-2-7)12(10)11/h9H,1-6H2,(H,10,11). The van der Waals surface area contributed by atoms with Gasteiger partial charge in [-0.25, -0.2) is 4.21 Å². The topological polar surface area (TPSA) is 64.0 Å². The molecule has 72 valence electrons. The summed E-state index contributed by atoms with van der Waals surface area (Å²) in [6.07, 6.45) is 0. The van der Waals surface area contributed by atoms with Crippen LogP contribution in [0.5, 0.6) is 0 Å². The lowest BCUT2D eigenvalue weighted by molar-refractivity contribution is 0.150. The zero-order valence-corrected chi connectivity index (χ0v) is 7.66. The van der Waals surface area contributed by atoms with Crippen LogP contribution in [0.4, 0.5) is 0 Å². The van der Waals surface area contributed by atoms with Gasteiger partial charge < -0.3 is 5.11 Å². The summed E-state index contributed by atoms with van der Waals surface area (Å²) in [4.78, 5) is 2.07. The zero-order valence-electron chi connectivity index (χ0n) is 6.85. The van der Waals surface area contributed by atoms with Gasteiger partial charge in [0.2, 0.25) is 11.3 Å². The second-order valence-electron chi connectivity index (χ2n) is 2.72.